The Hall–Kier alpha value is -1.43. The first-order chi connectivity index (χ1) is 8.00. The van der Waals surface area contributed by atoms with Crippen molar-refractivity contribution in [1.29, 1.82) is 0 Å². The van der Waals surface area contributed by atoms with Gasteiger partial charge >= 0.3 is 0 Å². The molecule has 92 valence electrons. The van der Waals surface area contributed by atoms with Crippen LogP contribution in [0.4, 0.5) is 0 Å². The summed E-state index contributed by atoms with van der Waals surface area (Å²) >= 11 is 5.26. The number of hydrogen-bond donors (Lipinski definition) is 1. The van der Waals surface area contributed by atoms with Crippen LogP contribution in [0, 0.1) is 17.6 Å². The minimum atomic E-state index is 0.523. The van der Waals surface area contributed by atoms with Crippen LogP contribution in [0.3, 0.4) is 0 Å². The lowest BCUT2D eigenvalue weighted by Gasteiger charge is -2.08. The van der Waals surface area contributed by atoms with Gasteiger partial charge in [0.15, 0.2) is 10.6 Å². The Balaban J connectivity index is 2.53. The fourth-order valence-electron chi connectivity index (χ4n) is 1.78. The summed E-state index contributed by atoms with van der Waals surface area (Å²) in [6, 6.07) is 0. The largest absolute Gasteiger partial charge is 0.300 e. The van der Waals surface area contributed by atoms with Crippen LogP contribution in [0.5, 0.6) is 0 Å². The molecule has 1 N–H and O–H groups in total. The predicted molar refractivity (Wildman–Crippen MR) is 69.2 cm³/mol. The molecule has 6 heteroatoms. The monoisotopic (exact) mass is 251 g/mol. The summed E-state index contributed by atoms with van der Waals surface area (Å²) < 4.78 is 4.54. The maximum atomic E-state index is 5.26. The van der Waals surface area contributed by atoms with Gasteiger partial charge in [0.2, 0.25) is 0 Å². The van der Waals surface area contributed by atoms with Gasteiger partial charge in [-0.05, 0) is 25.1 Å². The van der Waals surface area contributed by atoms with E-state index in [0.29, 0.717) is 10.7 Å². The van der Waals surface area contributed by atoms with E-state index in [1.807, 2.05) is 29.4 Å². The SMILES string of the molecule is Cc1c(-c2n[nH]c(=S)n2CC(C)C)cnn1C. The van der Waals surface area contributed by atoms with Crippen LogP contribution in [0.2, 0.25) is 0 Å². The first kappa shape index (κ1) is 12.0. The standard InChI is InChI=1S/C11H17N5S/c1-7(2)6-16-10(13-14-11(16)17)9-5-12-15(4)8(9)3/h5,7H,6H2,1-4H3,(H,14,17). The van der Waals surface area contributed by atoms with Gasteiger partial charge in [-0.3, -0.25) is 14.3 Å². The van der Waals surface area contributed by atoms with Gasteiger partial charge in [-0.1, -0.05) is 13.8 Å². The second-order valence-electron chi connectivity index (χ2n) is 4.62. The molecule has 0 radical (unpaired) electrons. The number of aromatic nitrogens is 5. The van der Waals surface area contributed by atoms with Crippen molar-refractivity contribution in [2.75, 3.05) is 0 Å². The summed E-state index contributed by atoms with van der Waals surface area (Å²) in [5.74, 6) is 1.39. The van der Waals surface area contributed by atoms with Crippen LogP contribution in [-0.2, 0) is 13.6 Å². The van der Waals surface area contributed by atoms with E-state index in [1.54, 1.807) is 0 Å². The zero-order valence-electron chi connectivity index (χ0n) is 10.6. The number of hydrogen-bond acceptors (Lipinski definition) is 3. The predicted octanol–water partition coefficient (Wildman–Crippen LogP) is 2.31. The van der Waals surface area contributed by atoms with Gasteiger partial charge in [0.1, 0.15) is 0 Å². The Morgan fingerprint density at radius 1 is 1.47 bits per heavy atom. The van der Waals surface area contributed by atoms with Crippen molar-refractivity contribution in [1.82, 2.24) is 24.5 Å². The highest BCUT2D eigenvalue weighted by Crippen LogP contribution is 2.21. The van der Waals surface area contributed by atoms with Crippen molar-refractivity contribution in [2.45, 2.75) is 27.3 Å². The number of aromatic amines is 1. The number of nitrogens with one attached hydrogen (secondary N) is 1. The fraction of sp³-hybridized carbons (Fsp3) is 0.545. The van der Waals surface area contributed by atoms with Crippen molar-refractivity contribution >= 4 is 12.2 Å². The van der Waals surface area contributed by atoms with Crippen LogP contribution in [0.25, 0.3) is 11.4 Å². The molecule has 2 rings (SSSR count). The van der Waals surface area contributed by atoms with Crippen LogP contribution >= 0.6 is 12.2 Å². The lowest BCUT2D eigenvalue weighted by atomic mass is 10.2. The summed E-state index contributed by atoms with van der Waals surface area (Å²) in [4.78, 5) is 0. The summed E-state index contributed by atoms with van der Waals surface area (Å²) in [7, 11) is 1.92. The molecule has 0 fully saturated rings. The van der Waals surface area contributed by atoms with Gasteiger partial charge in [-0.15, -0.1) is 0 Å². The average Bonchev–Trinajstić information content (AvgIpc) is 2.75. The summed E-state index contributed by atoms with van der Waals surface area (Å²) in [6.45, 7) is 7.21. The first-order valence-electron chi connectivity index (χ1n) is 5.65. The minimum absolute atomic E-state index is 0.523. The van der Waals surface area contributed by atoms with E-state index in [1.165, 1.54) is 0 Å². The van der Waals surface area contributed by atoms with E-state index in [2.05, 4.69) is 29.1 Å². The lowest BCUT2D eigenvalue weighted by Crippen LogP contribution is -2.06. The molecule has 0 unspecified atom stereocenters. The molecule has 0 bridgehead atoms. The summed E-state index contributed by atoms with van der Waals surface area (Å²) in [5, 5.41) is 11.4. The third-order valence-corrected chi connectivity index (χ3v) is 3.09. The topological polar surface area (TPSA) is 51.4 Å². The van der Waals surface area contributed by atoms with E-state index in [0.717, 1.165) is 23.6 Å². The van der Waals surface area contributed by atoms with Crippen LogP contribution in [0.15, 0.2) is 6.20 Å². The van der Waals surface area contributed by atoms with Crippen LogP contribution in [-0.4, -0.2) is 24.5 Å². The van der Waals surface area contributed by atoms with Gasteiger partial charge in [0, 0.05) is 19.3 Å². The lowest BCUT2D eigenvalue weighted by molar-refractivity contribution is 0.521. The Labute approximate surface area is 105 Å². The molecule has 2 aromatic heterocycles. The Morgan fingerprint density at radius 2 is 2.18 bits per heavy atom. The summed E-state index contributed by atoms with van der Waals surface area (Å²) in [6.07, 6.45) is 1.83. The molecule has 0 saturated heterocycles. The second-order valence-corrected chi connectivity index (χ2v) is 5.01. The highest BCUT2D eigenvalue weighted by atomic mass is 32.1. The third kappa shape index (κ3) is 2.17. The molecule has 5 nitrogen and oxygen atoms in total. The van der Waals surface area contributed by atoms with Crippen molar-refractivity contribution in [3.63, 3.8) is 0 Å². The zero-order chi connectivity index (χ0) is 12.6. The smallest absolute Gasteiger partial charge is 0.195 e. The Bertz CT molecular complexity index is 575. The Morgan fingerprint density at radius 3 is 2.71 bits per heavy atom. The maximum Gasteiger partial charge on any atom is 0.195 e. The minimum Gasteiger partial charge on any atom is -0.300 e. The number of rotatable bonds is 3. The summed E-state index contributed by atoms with van der Waals surface area (Å²) in [5.41, 5.74) is 2.12. The Kier molecular flexibility index (Phi) is 3.15. The fourth-order valence-corrected chi connectivity index (χ4v) is 1.98. The van der Waals surface area contributed by atoms with Crippen molar-refractivity contribution in [3.05, 3.63) is 16.7 Å². The molecular formula is C11H17N5S. The molecule has 0 aromatic carbocycles. The van der Waals surface area contributed by atoms with Crippen LogP contribution < -0.4 is 0 Å². The molecule has 0 spiro atoms. The van der Waals surface area contributed by atoms with Gasteiger partial charge < -0.3 is 0 Å². The molecule has 0 aliphatic carbocycles. The van der Waals surface area contributed by atoms with E-state index >= 15 is 0 Å². The third-order valence-electron chi connectivity index (χ3n) is 2.78. The van der Waals surface area contributed by atoms with E-state index in [-0.39, 0.29) is 0 Å². The second kappa shape index (κ2) is 4.44. The number of nitrogens with zero attached hydrogens (tertiary/aromatic N) is 4. The normalized spacial score (nSPS) is 11.4. The molecule has 0 amide bonds. The van der Waals surface area contributed by atoms with Crippen molar-refractivity contribution in [2.24, 2.45) is 13.0 Å². The van der Waals surface area contributed by atoms with E-state index in [9.17, 15) is 0 Å². The van der Waals surface area contributed by atoms with E-state index < -0.39 is 0 Å². The van der Waals surface area contributed by atoms with Gasteiger partial charge in [-0.25, -0.2) is 0 Å². The van der Waals surface area contributed by atoms with Crippen LogP contribution in [0.1, 0.15) is 19.5 Å². The molecular weight excluding hydrogens is 234 g/mol. The van der Waals surface area contributed by atoms with Crippen molar-refractivity contribution < 1.29 is 0 Å². The molecule has 2 heterocycles. The van der Waals surface area contributed by atoms with E-state index in [4.69, 9.17) is 12.2 Å². The maximum absolute atomic E-state index is 5.26. The average molecular weight is 251 g/mol. The molecule has 0 aliphatic rings. The molecule has 17 heavy (non-hydrogen) atoms. The quantitative estimate of drug-likeness (QED) is 0.852. The highest BCUT2D eigenvalue weighted by Gasteiger charge is 2.14. The van der Waals surface area contributed by atoms with Crippen molar-refractivity contribution in [3.8, 4) is 11.4 Å². The zero-order valence-corrected chi connectivity index (χ0v) is 11.4. The van der Waals surface area contributed by atoms with Gasteiger partial charge in [0.25, 0.3) is 0 Å². The number of H-pyrrole nitrogens is 1. The van der Waals surface area contributed by atoms with Gasteiger partial charge in [0.05, 0.1) is 11.8 Å². The first-order valence-corrected chi connectivity index (χ1v) is 6.05. The molecule has 0 aliphatic heterocycles. The molecule has 2 aromatic rings. The highest BCUT2D eigenvalue weighted by molar-refractivity contribution is 7.71. The molecule has 0 atom stereocenters. The number of aryl methyl sites for hydroxylation is 1. The van der Waals surface area contributed by atoms with Gasteiger partial charge in [-0.2, -0.15) is 10.2 Å². The molecule has 0 saturated carbocycles.